The Bertz CT molecular complexity index is 411. The molecule has 0 N–H and O–H groups in total. The molecule has 0 amide bonds. The molecule has 1 aliphatic rings. The summed E-state index contributed by atoms with van der Waals surface area (Å²) in [4.78, 5) is 6.52. The van der Waals surface area contributed by atoms with Crippen LogP contribution >= 0.6 is 0 Å². The van der Waals surface area contributed by atoms with Crippen molar-refractivity contribution in [3.63, 3.8) is 0 Å². The van der Waals surface area contributed by atoms with Crippen LogP contribution in [0.2, 0.25) is 0 Å². The molecule has 0 spiro atoms. The Labute approximate surface area is 89.7 Å². The Morgan fingerprint density at radius 3 is 2.93 bits per heavy atom. The smallest absolute Gasteiger partial charge is 0.128 e. The van der Waals surface area contributed by atoms with Gasteiger partial charge in [-0.25, -0.2) is 4.98 Å². The maximum Gasteiger partial charge on any atom is 0.128 e. The van der Waals surface area contributed by atoms with E-state index in [1.807, 2.05) is 12.1 Å². The molecule has 0 bridgehead atoms. The molecule has 3 nitrogen and oxygen atoms in total. The Balaban J connectivity index is 2.17. The van der Waals surface area contributed by atoms with Crippen molar-refractivity contribution >= 4 is 5.82 Å². The summed E-state index contributed by atoms with van der Waals surface area (Å²) in [6, 6.07) is 5.80. The summed E-state index contributed by atoms with van der Waals surface area (Å²) in [6.07, 6.45) is 4.97. The van der Waals surface area contributed by atoms with Crippen LogP contribution in [0, 0.1) is 11.3 Å². The average Bonchev–Trinajstić information content (AvgIpc) is 2.29. The van der Waals surface area contributed by atoms with Crippen molar-refractivity contribution in [2.24, 2.45) is 0 Å². The number of rotatable bonds is 1. The second-order valence-corrected chi connectivity index (χ2v) is 3.78. The maximum atomic E-state index is 8.67. The molecule has 3 heteroatoms. The molecule has 0 aliphatic carbocycles. The molecule has 0 saturated heterocycles. The molecule has 76 valence electrons. The van der Waals surface area contributed by atoms with Gasteiger partial charge in [0.1, 0.15) is 11.9 Å². The van der Waals surface area contributed by atoms with E-state index in [4.69, 9.17) is 5.26 Å². The highest BCUT2D eigenvalue weighted by Gasteiger charge is 2.11. The van der Waals surface area contributed by atoms with E-state index in [0.29, 0.717) is 5.56 Å². The van der Waals surface area contributed by atoms with Gasteiger partial charge in [0.2, 0.25) is 0 Å². The van der Waals surface area contributed by atoms with Crippen LogP contribution in [0.3, 0.4) is 0 Å². The summed E-state index contributed by atoms with van der Waals surface area (Å²) in [6.45, 7) is 4.09. The number of anilines is 1. The maximum absolute atomic E-state index is 8.67. The Hall–Kier alpha value is -1.82. The minimum atomic E-state index is 0.614. The van der Waals surface area contributed by atoms with Crippen molar-refractivity contribution in [2.75, 3.05) is 18.0 Å². The molecular weight excluding hydrogens is 186 g/mol. The van der Waals surface area contributed by atoms with Crippen LogP contribution in [0.5, 0.6) is 0 Å². The van der Waals surface area contributed by atoms with Crippen molar-refractivity contribution in [3.05, 3.63) is 35.5 Å². The van der Waals surface area contributed by atoms with Crippen molar-refractivity contribution in [1.82, 2.24) is 4.98 Å². The summed E-state index contributed by atoms with van der Waals surface area (Å²) < 4.78 is 0. The van der Waals surface area contributed by atoms with Crippen LogP contribution in [0.25, 0.3) is 0 Å². The van der Waals surface area contributed by atoms with Gasteiger partial charge < -0.3 is 4.90 Å². The molecule has 0 unspecified atom stereocenters. The van der Waals surface area contributed by atoms with E-state index in [-0.39, 0.29) is 0 Å². The fourth-order valence-electron chi connectivity index (χ4n) is 1.75. The van der Waals surface area contributed by atoms with Crippen molar-refractivity contribution in [3.8, 4) is 6.07 Å². The molecule has 2 heterocycles. The SMILES string of the molecule is CC1=CCCN(c2ccc(C#N)cn2)C1. The quantitative estimate of drug-likeness (QED) is 0.650. The molecule has 0 atom stereocenters. The average molecular weight is 199 g/mol. The Kier molecular flexibility index (Phi) is 2.68. The standard InChI is InChI=1S/C12H13N3/c1-10-3-2-6-15(9-10)12-5-4-11(7-13)8-14-12/h3-5,8H,2,6,9H2,1H3. The van der Waals surface area contributed by atoms with E-state index in [2.05, 4.69) is 29.0 Å². The van der Waals surface area contributed by atoms with E-state index in [1.54, 1.807) is 6.20 Å². The molecule has 1 aliphatic heterocycles. The highest BCUT2D eigenvalue weighted by atomic mass is 15.2. The largest absolute Gasteiger partial charge is 0.352 e. The number of pyridine rings is 1. The molecule has 0 aromatic carbocycles. The number of nitriles is 1. The molecule has 2 rings (SSSR count). The number of nitrogens with zero attached hydrogens (tertiary/aromatic N) is 3. The summed E-state index contributed by atoms with van der Waals surface area (Å²) >= 11 is 0. The van der Waals surface area contributed by atoms with E-state index in [1.165, 1.54) is 5.57 Å². The van der Waals surface area contributed by atoms with Gasteiger partial charge in [0.25, 0.3) is 0 Å². The number of aromatic nitrogens is 1. The molecule has 0 fully saturated rings. The lowest BCUT2D eigenvalue weighted by molar-refractivity contribution is 0.778. The summed E-state index contributed by atoms with van der Waals surface area (Å²) in [5.74, 6) is 0.960. The minimum Gasteiger partial charge on any atom is -0.352 e. The van der Waals surface area contributed by atoms with Gasteiger partial charge in [-0.3, -0.25) is 0 Å². The van der Waals surface area contributed by atoms with Gasteiger partial charge in [0.05, 0.1) is 5.56 Å². The zero-order valence-corrected chi connectivity index (χ0v) is 8.77. The van der Waals surface area contributed by atoms with Gasteiger partial charge in [0, 0.05) is 19.3 Å². The summed E-state index contributed by atoms with van der Waals surface area (Å²) in [5, 5.41) is 8.67. The fraction of sp³-hybridized carbons (Fsp3) is 0.333. The molecule has 1 aromatic heterocycles. The van der Waals surface area contributed by atoms with Gasteiger partial charge in [-0.15, -0.1) is 0 Å². The summed E-state index contributed by atoms with van der Waals surface area (Å²) in [7, 11) is 0. The van der Waals surface area contributed by atoms with Crippen LogP contribution in [-0.2, 0) is 0 Å². The van der Waals surface area contributed by atoms with E-state index >= 15 is 0 Å². The van der Waals surface area contributed by atoms with Crippen LogP contribution in [-0.4, -0.2) is 18.1 Å². The first-order chi connectivity index (χ1) is 7.29. The summed E-state index contributed by atoms with van der Waals surface area (Å²) in [5.41, 5.74) is 2.00. The highest BCUT2D eigenvalue weighted by molar-refractivity contribution is 5.44. The minimum absolute atomic E-state index is 0.614. The van der Waals surface area contributed by atoms with Gasteiger partial charge >= 0.3 is 0 Å². The Morgan fingerprint density at radius 1 is 1.47 bits per heavy atom. The van der Waals surface area contributed by atoms with Gasteiger partial charge in [-0.1, -0.05) is 11.6 Å². The van der Waals surface area contributed by atoms with Crippen molar-refractivity contribution in [1.29, 1.82) is 5.26 Å². The van der Waals surface area contributed by atoms with Crippen LogP contribution in [0.1, 0.15) is 18.9 Å². The third-order valence-corrected chi connectivity index (χ3v) is 2.53. The highest BCUT2D eigenvalue weighted by Crippen LogP contribution is 2.17. The van der Waals surface area contributed by atoms with Crippen molar-refractivity contribution in [2.45, 2.75) is 13.3 Å². The first kappa shape index (κ1) is 9.72. The number of hydrogen-bond donors (Lipinski definition) is 0. The van der Waals surface area contributed by atoms with E-state index in [9.17, 15) is 0 Å². The van der Waals surface area contributed by atoms with Crippen LogP contribution < -0.4 is 4.90 Å². The second kappa shape index (κ2) is 4.14. The first-order valence-corrected chi connectivity index (χ1v) is 5.06. The molecular formula is C12H13N3. The van der Waals surface area contributed by atoms with Crippen LogP contribution in [0.15, 0.2) is 30.0 Å². The first-order valence-electron chi connectivity index (χ1n) is 5.06. The third-order valence-electron chi connectivity index (χ3n) is 2.53. The molecule has 1 aromatic rings. The van der Waals surface area contributed by atoms with Gasteiger partial charge in [0.15, 0.2) is 0 Å². The molecule has 15 heavy (non-hydrogen) atoms. The lowest BCUT2D eigenvalue weighted by Crippen LogP contribution is -2.29. The Morgan fingerprint density at radius 2 is 2.33 bits per heavy atom. The molecule has 0 radical (unpaired) electrons. The lowest BCUT2D eigenvalue weighted by Gasteiger charge is -2.27. The topological polar surface area (TPSA) is 39.9 Å². The number of hydrogen-bond acceptors (Lipinski definition) is 3. The van der Waals surface area contributed by atoms with Crippen LogP contribution in [0.4, 0.5) is 5.82 Å². The predicted octanol–water partition coefficient (Wildman–Crippen LogP) is 2.11. The zero-order chi connectivity index (χ0) is 10.7. The monoisotopic (exact) mass is 199 g/mol. The second-order valence-electron chi connectivity index (χ2n) is 3.78. The lowest BCUT2D eigenvalue weighted by atomic mass is 10.1. The van der Waals surface area contributed by atoms with E-state index < -0.39 is 0 Å². The zero-order valence-electron chi connectivity index (χ0n) is 8.77. The third kappa shape index (κ3) is 2.16. The molecule has 0 saturated carbocycles. The predicted molar refractivity (Wildman–Crippen MR) is 59.5 cm³/mol. The normalized spacial score (nSPS) is 15.7. The van der Waals surface area contributed by atoms with Gasteiger partial charge in [-0.05, 0) is 25.5 Å². The van der Waals surface area contributed by atoms with Crippen molar-refractivity contribution < 1.29 is 0 Å². The van der Waals surface area contributed by atoms with E-state index in [0.717, 1.165) is 25.3 Å². The van der Waals surface area contributed by atoms with Gasteiger partial charge in [-0.2, -0.15) is 5.26 Å². The fourth-order valence-corrected chi connectivity index (χ4v) is 1.75.